The van der Waals surface area contributed by atoms with Crippen LogP contribution in [0.3, 0.4) is 0 Å². The van der Waals surface area contributed by atoms with E-state index in [1.807, 2.05) is 42.5 Å². The lowest BCUT2D eigenvalue weighted by Crippen LogP contribution is -2.14. The van der Waals surface area contributed by atoms with E-state index in [-0.39, 0.29) is 10.8 Å². The number of para-hydroxylation sites is 1. The quantitative estimate of drug-likeness (QED) is 0.552. The van der Waals surface area contributed by atoms with Crippen LogP contribution in [0, 0.1) is 0 Å². The van der Waals surface area contributed by atoms with Crippen molar-refractivity contribution < 1.29 is 13.2 Å². The zero-order valence-electron chi connectivity index (χ0n) is 15.7. The first-order valence-corrected chi connectivity index (χ1v) is 11.1. The number of sulfonamides is 1. The number of carbonyl (C=O) groups is 1. The zero-order chi connectivity index (χ0) is 20.7. The van der Waals surface area contributed by atoms with Crippen molar-refractivity contribution in [2.45, 2.75) is 14.7 Å². The number of benzene rings is 3. The molecule has 0 aliphatic heterocycles. The Kier molecular flexibility index (Phi) is 6.74. The molecule has 0 aliphatic carbocycles. The summed E-state index contributed by atoms with van der Waals surface area (Å²) in [7, 11) is -2.20. The van der Waals surface area contributed by atoms with Gasteiger partial charge in [0.2, 0.25) is 5.91 Å². The summed E-state index contributed by atoms with van der Waals surface area (Å²) in [6.45, 7) is 0. The first kappa shape index (κ1) is 20.7. The Bertz CT molecular complexity index is 1110. The van der Waals surface area contributed by atoms with Gasteiger partial charge in [0.25, 0.3) is 10.0 Å². The van der Waals surface area contributed by atoms with Crippen LogP contribution in [0.1, 0.15) is 5.56 Å². The van der Waals surface area contributed by atoms with Crippen molar-refractivity contribution >= 4 is 39.5 Å². The summed E-state index contributed by atoms with van der Waals surface area (Å²) >= 11 is 1.49. The second-order valence-corrected chi connectivity index (χ2v) is 8.83. The molecule has 0 spiro atoms. The van der Waals surface area contributed by atoms with Gasteiger partial charge in [-0.1, -0.05) is 54.2 Å². The predicted molar refractivity (Wildman–Crippen MR) is 117 cm³/mol. The second kappa shape index (κ2) is 9.45. The molecular formula is C22H20N2O3S2. The summed E-state index contributed by atoms with van der Waals surface area (Å²) in [6.07, 6.45) is 3.01. The fourth-order valence-corrected chi connectivity index (χ4v) is 4.54. The van der Waals surface area contributed by atoms with Gasteiger partial charge < -0.3 is 5.32 Å². The van der Waals surface area contributed by atoms with Crippen molar-refractivity contribution in [3.63, 3.8) is 0 Å². The van der Waals surface area contributed by atoms with Gasteiger partial charge in [0.05, 0.1) is 10.6 Å². The van der Waals surface area contributed by atoms with Gasteiger partial charge >= 0.3 is 0 Å². The average molecular weight is 425 g/mol. The molecule has 2 N–H and O–H groups in total. The van der Waals surface area contributed by atoms with Gasteiger partial charge in [0.15, 0.2) is 0 Å². The highest BCUT2D eigenvalue weighted by molar-refractivity contribution is 7.99. The molecule has 0 saturated heterocycles. The number of hydrogen-bond donors (Lipinski definition) is 2. The van der Waals surface area contributed by atoms with E-state index in [2.05, 4.69) is 10.0 Å². The Morgan fingerprint density at radius 1 is 0.897 bits per heavy atom. The number of rotatable bonds is 7. The minimum absolute atomic E-state index is 0.147. The monoisotopic (exact) mass is 424 g/mol. The highest BCUT2D eigenvalue weighted by Gasteiger charge is 2.16. The molecule has 29 heavy (non-hydrogen) atoms. The summed E-state index contributed by atoms with van der Waals surface area (Å²) in [5.74, 6) is -0.226. The number of anilines is 1. The fourth-order valence-electron chi connectivity index (χ4n) is 2.47. The van der Waals surface area contributed by atoms with Crippen LogP contribution in [0.5, 0.6) is 0 Å². The molecular weight excluding hydrogens is 404 g/mol. The lowest BCUT2D eigenvalue weighted by Gasteiger charge is -2.12. The molecule has 148 valence electrons. The SMILES string of the molecule is CNC(=O)/C=C/c1ccc(S(=O)(=O)Nc2ccccc2Sc2ccccc2)cc1. The van der Waals surface area contributed by atoms with E-state index in [0.29, 0.717) is 5.69 Å². The van der Waals surface area contributed by atoms with E-state index >= 15 is 0 Å². The third-order valence-electron chi connectivity index (χ3n) is 3.97. The van der Waals surface area contributed by atoms with E-state index < -0.39 is 10.0 Å². The average Bonchev–Trinajstić information content (AvgIpc) is 2.74. The Hall–Kier alpha value is -3.03. The molecule has 0 atom stereocenters. The molecule has 0 aliphatic rings. The molecule has 0 saturated carbocycles. The van der Waals surface area contributed by atoms with E-state index in [1.54, 1.807) is 37.4 Å². The summed E-state index contributed by atoms with van der Waals surface area (Å²) in [5, 5.41) is 2.49. The van der Waals surface area contributed by atoms with Crippen LogP contribution >= 0.6 is 11.8 Å². The maximum atomic E-state index is 12.8. The van der Waals surface area contributed by atoms with Gasteiger partial charge in [-0.15, -0.1) is 0 Å². The summed E-state index contributed by atoms with van der Waals surface area (Å²) in [5.41, 5.74) is 1.25. The van der Waals surface area contributed by atoms with Crippen LogP contribution in [-0.2, 0) is 14.8 Å². The van der Waals surface area contributed by atoms with E-state index in [1.165, 1.54) is 30.0 Å². The molecule has 0 fully saturated rings. The third kappa shape index (κ3) is 5.73. The predicted octanol–water partition coefficient (Wildman–Crippen LogP) is 4.40. The number of likely N-dealkylation sites (N-methyl/N-ethyl adjacent to an activating group) is 1. The normalized spacial score (nSPS) is 11.3. The van der Waals surface area contributed by atoms with Crippen molar-refractivity contribution in [3.05, 3.63) is 90.5 Å². The van der Waals surface area contributed by atoms with E-state index in [9.17, 15) is 13.2 Å². The van der Waals surface area contributed by atoms with Crippen LogP contribution in [0.25, 0.3) is 6.08 Å². The molecule has 0 aromatic heterocycles. The Labute approximate surface area is 174 Å². The van der Waals surface area contributed by atoms with E-state index in [4.69, 9.17) is 0 Å². The van der Waals surface area contributed by atoms with Crippen LogP contribution in [0.15, 0.2) is 99.6 Å². The minimum Gasteiger partial charge on any atom is -0.356 e. The van der Waals surface area contributed by atoms with Gasteiger partial charge in [-0.25, -0.2) is 8.42 Å². The third-order valence-corrected chi connectivity index (χ3v) is 6.43. The molecule has 1 amide bonds. The number of amides is 1. The molecule has 0 bridgehead atoms. The first-order valence-electron chi connectivity index (χ1n) is 8.82. The molecule has 0 unspecified atom stereocenters. The summed E-state index contributed by atoms with van der Waals surface area (Å²) < 4.78 is 28.3. The number of nitrogens with one attached hydrogen (secondary N) is 2. The number of hydrogen-bond acceptors (Lipinski definition) is 4. The van der Waals surface area contributed by atoms with Crippen LogP contribution < -0.4 is 10.0 Å². The maximum Gasteiger partial charge on any atom is 0.261 e. The van der Waals surface area contributed by atoms with Gasteiger partial charge in [-0.2, -0.15) is 0 Å². The molecule has 3 aromatic rings. The van der Waals surface area contributed by atoms with Gasteiger partial charge in [-0.05, 0) is 48.0 Å². The Morgan fingerprint density at radius 2 is 1.55 bits per heavy atom. The topological polar surface area (TPSA) is 75.3 Å². The highest BCUT2D eigenvalue weighted by atomic mass is 32.2. The molecule has 5 nitrogen and oxygen atoms in total. The van der Waals surface area contributed by atoms with Gasteiger partial charge in [0.1, 0.15) is 0 Å². The van der Waals surface area contributed by atoms with Gasteiger partial charge in [-0.3, -0.25) is 9.52 Å². The maximum absolute atomic E-state index is 12.8. The lowest BCUT2D eigenvalue weighted by molar-refractivity contribution is -0.115. The smallest absolute Gasteiger partial charge is 0.261 e. The number of carbonyl (C=O) groups excluding carboxylic acids is 1. The zero-order valence-corrected chi connectivity index (χ0v) is 17.3. The molecule has 0 heterocycles. The summed E-state index contributed by atoms with van der Waals surface area (Å²) in [4.78, 5) is 13.3. The van der Waals surface area contributed by atoms with Crippen LogP contribution in [0.4, 0.5) is 5.69 Å². The Balaban J connectivity index is 1.79. The first-order chi connectivity index (χ1) is 14.0. The minimum atomic E-state index is -3.75. The van der Waals surface area contributed by atoms with E-state index in [0.717, 1.165) is 15.4 Å². The standard InChI is InChI=1S/C22H20N2O3S2/c1-23-22(25)16-13-17-11-14-19(15-12-17)29(26,27)24-20-9-5-6-10-21(20)28-18-7-3-2-4-8-18/h2-16,24H,1H3,(H,23,25)/b16-13+. The molecule has 3 aromatic carbocycles. The van der Waals surface area contributed by atoms with Crippen molar-refractivity contribution in [1.82, 2.24) is 5.32 Å². The van der Waals surface area contributed by atoms with Crippen molar-refractivity contribution in [3.8, 4) is 0 Å². The molecule has 0 radical (unpaired) electrons. The summed E-state index contributed by atoms with van der Waals surface area (Å²) in [6, 6.07) is 23.4. The molecule has 3 rings (SSSR count). The van der Waals surface area contributed by atoms with Crippen LogP contribution in [0.2, 0.25) is 0 Å². The van der Waals surface area contributed by atoms with Crippen molar-refractivity contribution in [2.24, 2.45) is 0 Å². The highest BCUT2D eigenvalue weighted by Crippen LogP contribution is 2.34. The molecule has 7 heteroatoms. The second-order valence-electron chi connectivity index (χ2n) is 6.03. The fraction of sp³-hybridized carbons (Fsp3) is 0.0455. The largest absolute Gasteiger partial charge is 0.356 e. The van der Waals surface area contributed by atoms with Crippen molar-refractivity contribution in [2.75, 3.05) is 11.8 Å². The van der Waals surface area contributed by atoms with Crippen LogP contribution in [-0.4, -0.2) is 21.4 Å². The van der Waals surface area contributed by atoms with Gasteiger partial charge in [0, 0.05) is 22.9 Å². The Morgan fingerprint density at radius 3 is 2.24 bits per heavy atom. The van der Waals surface area contributed by atoms with Crippen molar-refractivity contribution in [1.29, 1.82) is 0 Å². The lowest BCUT2D eigenvalue weighted by atomic mass is 10.2.